The second-order valence-electron chi connectivity index (χ2n) is 2.42. The van der Waals surface area contributed by atoms with Crippen molar-refractivity contribution in [1.82, 2.24) is 5.32 Å². The van der Waals surface area contributed by atoms with E-state index >= 15 is 0 Å². The molecule has 1 fully saturated rings. The molecule has 1 aliphatic heterocycles. The van der Waals surface area contributed by atoms with Gasteiger partial charge in [0.2, 0.25) is 5.91 Å². The van der Waals surface area contributed by atoms with Crippen molar-refractivity contribution < 1.29 is 9.59 Å². The van der Waals surface area contributed by atoms with Crippen LogP contribution in [0.4, 0.5) is 10.5 Å². The van der Waals surface area contributed by atoms with Crippen molar-refractivity contribution in [3.63, 3.8) is 0 Å². The van der Waals surface area contributed by atoms with Crippen LogP contribution in [0.15, 0.2) is 16.8 Å². The first-order valence-electron chi connectivity index (χ1n) is 3.41. The van der Waals surface area contributed by atoms with Gasteiger partial charge in [-0.25, -0.2) is 4.79 Å². The van der Waals surface area contributed by atoms with Crippen LogP contribution < -0.4 is 10.2 Å². The van der Waals surface area contributed by atoms with Gasteiger partial charge in [0.05, 0.1) is 5.69 Å². The smallest absolute Gasteiger partial charge is 0.284 e. The van der Waals surface area contributed by atoms with E-state index in [2.05, 4.69) is 5.32 Å². The van der Waals surface area contributed by atoms with E-state index < -0.39 is 0 Å². The quantitative estimate of drug-likeness (QED) is 0.653. The second-order valence-corrected chi connectivity index (χ2v) is 3.20. The highest BCUT2D eigenvalue weighted by atomic mass is 32.1. The molecule has 0 spiro atoms. The number of thiophene rings is 1. The van der Waals surface area contributed by atoms with Crippen molar-refractivity contribution in [3.8, 4) is 0 Å². The molecular formula is C7H6N2O2S. The molecule has 1 aromatic heterocycles. The number of imide groups is 1. The van der Waals surface area contributed by atoms with Crippen LogP contribution >= 0.6 is 11.3 Å². The van der Waals surface area contributed by atoms with Crippen LogP contribution in [0.1, 0.15) is 0 Å². The third-order valence-corrected chi connectivity index (χ3v) is 2.28. The topological polar surface area (TPSA) is 49.4 Å². The van der Waals surface area contributed by atoms with Gasteiger partial charge in [-0.15, -0.1) is 0 Å². The largest absolute Gasteiger partial charge is 0.329 e. The SMILES string of the molecule is O=C1CN(c2ccsc2)C(=O)N1. The van der Waals surface area contributed by atoms with E-state index in [9.17, 15) is 9.59 Å². The Balaban J connectivity index is 2.26. The van der Waals surface area contributed by atoms with Gasteiger partial charge in [-0.2, -0.15) is 11.3 Å². The molecule has 0 aromatic carbocycles. The number of urea groups is 1. The first kappa shape index (κ1) is 7.30. The van der Waals surface area contributed by atoms with E-state index in [1.165, 1.54) is 16.2 Å². The van der Waals surface area contributed by atoms with Crippen molar-refractivity contribution in [2.45, 2.75) is 0 Å². The van der Waals surface area contributed by atoms with Gasteiger partial charge in [-0.05, 0) is 11.4 Å². The maximum absolute atomic E-state index is 11.1. The predicted molar refractivity (Wildman–Crippen MR) is 45.2 cm³/mol. The zero-order valence-electron chi connectivity index (χ0n) is 6.11. The number of hydrogen-bond donors (Lipinski definition) is 1. The van der Waals surface area contributed by atoms with E-state index in [0.29, 0.717) is 0 Å². The Bertz CT molecular complexity index is 320. The van der Waals surface area contributed by atoms with Gasteiger partial charge >= 0.3 is 6.03 Å². The number of anilines is 1. The zero-order chi connectivity index (χ0) is 8.55. The average molecular weight is 182 g/mol. The molecule has 62 valence electrons. The number of nitrogens with zero attached hydrogens (tertiary/aromatic N) is 1. The maximum atomic E-state index is 11.1. The molecule has 12 heavy (non-hydrogen) atoms. The second kappa shape index (κ2) is 2.60. The van der Waals surface area contributed by atoms with Crippen molar-refractivity contribution >= 4 is 29.0 Å². The summed E-state index contributed by atoms with van der Waals surface area (Å²) >= 11 is 1.50. The van der Waals surface area contributed by atoms with Gasteiger partial charge in [0, 0.05) is 5.38 Å². The lowest BCUT2D eigenvalue weighted by Gasteiger charge is -2.09. The van der Waals surface area contributed by atoms with Crippen molar-refractivity contribution in [2.75, 3.05) is 11.4 Å². The van der Waals surface area contributed by atoms with Crippen LogP contribution in [0.2, 0.25) is 0 Å². The highest BCUT2D eigenvalue weighted by Crippen LogP contribution is 2.19. The molecule has 1 aromatic rings. The Morgan fingerprint density at radius 3 is 2.83 bits per heavy atom. The number of rotatable bonds is 1. The summed E-state index contributed by atoms with van der Waals surface area (Å²) in [5, 5.41) is 5.91. The van der Waals surface area contributed by atoms with Crippen LogP contribution in [0, 0.1) is 0 Å². The van der Waals surface area contributed by atoms with Gasteiger partial charge in [-0.1, -0.05) is 0 Å². The van der Waals surface area contributed by atoms with E-state index in [1.54, 1.807) is 0 Å². The number of hydrogen-bond acceptors (Lipinski definition) is 3. The summed E-state index contributed by atoms with van der Waals surface area (Å²) < 4.78 is 0. The fourth-order valence-electron chi connectivity index (χ4n) is 1.06. The van der Waals surface area contributed by atoms with Crippen LogP contribution in [0.25, 0.3) is 0 Å². The van der Waals surface area contributed by atoms with Gasteiger partial charge in [0.1, 0.15) is 6.54 Å². The minimum absolute atomic E-state index is 0.134. The zero-order valence-corrected chi connectivity index (χ0v) is 6.93. The lowest BCUT2D eigenvalue weighted by atomic mass is 10.4. The molecule has 1 saturated heterocycles. The summed E-state index contributed by atoms with van der Waals surface area (Å²) in [6.45, 7) is 0.134. The van der Waals surface area contributed by atoms with Crippen molar-refractivity contribution in [2.24, 2.45) is 0 Å². The highest BCUT2D eigenvalue weighted by molar-refractivity contribution is 7.08. The molecular weight excluding hydrogens is 176 g/mol. The summed E-state index contributed by atoms with van der Waals surface area (Å²) in [6, 6.07) is 1.47. The van der Waals surface area contributed by atoms with Crippen molar-refractivity contribution in [3.05, 3.63) is 16.8 Å². The van der Waals surface area contributed by atoms with E-state index in [4.69, 9.17) is 0 Å². The summed E-state index contributed by atoms with van der Waals surface area (Å²) in [4.78, 5) is 23.3. The lowest BCUT2D eigenvalue weighted by molar-refractivity contribution is -0.117. The summed E-state index contributed by atoms with van der Waals surface area (Å²) in [5.74, 6) is -0.244. The Hall–Kier alpha value is -1.36. The summed E-state index contributed by atoms with van der Waals surface area (Å²) in [5.41, 5.74) is 0.781. The Labute approximate surface area is 72.8 Å². The summed E-state index contributed by atoms with van der Waals surface area (Å²) in [6.07, 6.45) is 0. The molecule has 5 heteroatoms. The summed E-state index contributed by atoms with van der Waals surface area (Å²) in [7, 11) is 0. The minimum atomic E-state index is -0.335. The third-order valence-electron chi connectivity index (χ3n) is 1.61. The van der Waals surface area contributed by atoms with E-state index in [1.807, 2.05) is 16.8 Å². The monoisotopic (exact) mass is 182 g/mol. The van der Waals surface area contributed by atoms with Crippen LogP contribution in [0.3, 0.4) is 0 Å². The van der Waals surface area contributed by atoms with E-state index in [0.717, 1.165) is 5.69 Å². The lowest BCUT2D eigenvalue weighted by Crippen LogP contribution is -2.27. The fraction of sp³-hybridized carbons (Fsp3) is 0.143. The number of carbonyl (C=O) groups excluding carboxylic acids is 2. The normalized spacial score (nSPS) is 16.8. The molecule has 0 radical (unpaired) electrons. The van der Waals surface area contributed by atoms with Crippen molar-refractivity contribution in [1.29, 1.82) is 0 Å². The van der Waals surface area contributed by atoms with Gasteiger partial charge in [-0.3, -0.25) is 15.0 Å². The maximum Gasteiger partial charge on any atom is 0.329 e. The first-order valence-corrected chi connectivity index (χ1v) is 4.35. The van der Waals surface area contributed by atoms with Crippen LogP contribution in [0.5, 0.6) is 0 Å². The Morgan fingerprint density at radius 1 is 1.50 bits per heavy atom. The molecule has 1 N–H and O–H groups in total. The van der Waals surface area contributed by atoms with Crippen LogP contribution in [-0.4, -0.2) is 18.5 Å². The fourth-order valence-corrected chi connectivity index (χ4v) is 1.70. The Kier molecular flexibility index (Phi) is 1.58. The molecule has 3 amide bonds. The van der Waals surface area contributed by atoms with Gasteiger partial charge < -0.3 is 0 Å². The average Bonchev–Trinajstić information content (AvgIpc) is 2.58. The molecule has 2 heterocycles. The predicted octanol–water partition coefficient (Wildman–Crippen LogP) is 0.804. The first-order chi connectivity index (χ1) is 5.77. The molecule has 0 atom stereocenters. The standard InChI is InChI=1S/C7H6N2O2S/c10-6-3-9(7(11)8-6)5-1-2-12-4-5/h1-2,4H,3H2,(H,8,10,11). The highest BCUT2D eigenvalue weighted by Gasteiger charge is 2.27. The molecule has 2 rings (SSSR count). The Morgan fingerprint density at radius 2 is 2.33 bits per heavy atom. The van der Waals surface area contributed by atoms with Gasteiger partial charge in [0.15, 0.2) is 0 Å². The van der Waals surface area contributed by atoms with E-state index in [-0.39, 0.29) is 18.5 Å². The van der Waals surface area contributed by atoms with Crippen LogP contribution in [-0.2, 0) is 4.79 Å². The third kappa shape index (κ3) is 1.08. The number of nitrogens with one attached hydrogen (secondary N) is 1. The molecule has 4 nitrogen and oxygen atoms in total. The number of amides is 3. The molecule has 0 bridgehead atoms. The molecule has 0 saturated carbocycles. The number of carbonyl (C=O) groups is 2. The molecule has 0 unspecified atom stereocenters. The van der Waals surface area contributed by atoms with Gasteiger partial charge in [0.25, 0.3) is 0 Å². The molecule has 0 aliphatic carbocycles. The molecule has 1 aliphatic rings. The minimum Gasteiger partial charge on any atom is -0.284 e.